The molecule has 0 spiro atoms. The van der Waals surface area contributed by atoms with Crippen LogP contribution in [0.25, 0.3) is 0 Å². The van der Waals surface area contributed by atoms with Crippen molar-refractivity contribution in [2.24, 2.45) is 0 Å². The maximum absolute atomic E-state index is 11.3. The molecule has 0 aliphatic carbocycles. The summed E-state index contributed by atoms with van der Waals surface area (Å²) in [5, 5.41) is 0. The molecule has 0 amide bonds. The van der Waals surface area contributed by atoms with Crippen molar-refractivity contribution in [2.75, 3.05) is 6.61 Å². The predicted octanol–water partition coefficient (Wildman–Crippen LogP) is 6.81. The Hall–Kier alpha value is 0.0500. The zero-order chi connectivity index (χ0) is 16.5. The van der Waals surface area contributed by atoms with Crippen molar-refractivity contribution in [3.05, 3.63) is 0 Å². The number of esters is 1. The second-order valence-corrected chi connectivity index (χ2v) is 7.34. The smallest absolute Gasteiger partial charge is 0.305 e. The lowest BCUT2D eigenvalue weighted by atomic mass is 10.0. The number of halogens is 2. The maximum Gasteiger partial charge on any atom is 0.305 e. The zero-order valence-corrected chi connectivity index (χ0v) is 15.8. The van der Waals surface area contributed by atoms with E-state index in [2.05, 4.69) is 6.92 Å². The average molecular weight is 353 g/mol. The Morgan fingerprint density at radius 1 is 0.773 bits per heavy atom. The van der Waals surface area contributed by atoms with Gasteiger partial charge in [0.25, 0.3) is 0 Å². The molecule has 0 saturated carbocycles. The van der Waals surface area contributed by atoms with E-state index < -0.39 is 4.84 Å². The Labute approximate surface area is 147 Å². The van der Waals surface area contributed by atoms with Crippen LogP contribution in [-0.4, -0.2) is 17.4 Å². The minimum Gasteiger partial charge on any atom is -0.463 e. The zero-order valence-electron chi connectivity index (χ0n) is 14.3. The summed E-state index contributed by atoms with van der Waals surface area (Å²) < 4.78 is 4.91. The highest BCUT2D eigenvalue weighted by Crippen LogP contribution is 2.13. The first kappa shape index (κ1) is 22.1. The van der Waals surface area contributed by atoms with Crippen LogP contribution in [0.15, 0.2) is 0 Å². The van der Waals surface area contributed by atoms with Gasteiger partial charge in [-0.2, -0.15) is 0 Å². The molecule has 0 heterocycles. The van der Waals surface area contributed by atoms with Crippen LogP contribution in [0, 0.1) is 0 Å². The minimum atomic E-state index is -0.615. The molecule has 0 saturated heterocycles. The number of carbonyl (C=O) groups excluding carboxylic acids is 1. The summed E-state index contributed by atoms with van der Waals surface area (Å²) in [4.78, 5) is 10.7. The third-order valence-electron chi connectivity index (χ3n) is 3.85. The molecule has 0 N–H and O–H groups in total. The molecule has 4 heteroatoms. The normalized spacial score (nSPS) is 11.1. The van der Waals surface area contributed by atoms with Gasteiger partial charge < -0.3 is 4.74 Å². The standard InChI is InChI=1S/C18H34Cl2O2/c1-2-3-4-5-6-7-8-9-10-11-12-13-14-15-18(21)22-16-17(19)20/h17H,2-16H2,1H3. The number of hydrogen-bond donors (Lipinski definition) is 0. The van der Waals surface area contributed by atoms with Gasteiger partial charge in [0, 0.05) is 6.42 Å². The Morgan fingerprint density at radius 2 is 1.18 bits per heavy atom. The first-order valence-corrected chi connectivity index (χ1v) is 9.98. The highest BCUT2D eigenvalue weighted by Gasteiger charge is 2.05. The molecular weight excluding hydrogens is 319 g/mol. The van der Waals surface area contributed by atoms with Crippen molar-refractivity contribution >= 4 is 29.2 Å². The molecule has 0 radical (unpaired) electrons. The van der Waals surface area contributed by atoms with Gasteiger partial charge >= 0.3 is 5.97 Å². The van der Waals surface area contributed by atoms with E-state index in [4.69, 9.17) is 27.9 Å². The fourth-order valence-corrected chi connectivity index (χ4v) is 2.64. The second-order valence-electron chi connectivity index (χ2n) is 6.07. The summed E-state index contributed by atoms with van der Waals surface area (Å²) in [6, 6.07) is 0. The molecule has 0 aromatic carbocycles. The van der Waals surface area contributed by atoms with Gasteiger partial charge in [0.1, 0.15) is 11.4 Å². The number of alkyl halides is 2. The summed E-state index contributed by atoms with van der Waals surface area (Å²) in [5.41, 5.74) is 0. The third-order valence-corrected chi connectivity index (χ3v) is 4.11. The van der Waals surface area contributed by atoms with Crippen molar-refractivity contribution in [2.45, 2.75) is 102 Å². The third kappa shape index (κ3) is 18.1. The lowest BCUT2D eigenvalue weighted by Gasteiger charge is -2.05. The number of rotatable bonds is 16. The average Bonchev–Trinajstić information content (AvgIpc) is 2.49. The van der Waals surface area contributed by atoms with E-state index in [1.807, 2.05) is 0 Å². The molecule has 132 valence electrons. The Bertz CT molecular complexity index is 245. The van der Waals surface area contributed by atoms with E-state index >= 15 is 0 Å². The first-order chi connectivity index (χ1) is 10.7. The predicted molar refractivity (Wildman–Crippen MR) is 96.8 cm³/mol. The highest BCUT2D eigenvalue weighted by atomic mass is 35.5. The summed E-state index contributed by atoms with van der Waals surface area (Å²) in [6.07, 6.45) is 17.5. The van der Waals surface area contributed by atoms with E-state index in [1.54, 1.807) is 0 Å². The number of hydrogen-bond acceptors (Lipinski definition) is 2. The fraction of sp³-hybridized carbons (Fsp3) is 0.944. The summed E-state index contributed by atoms with van der Waals surface area (Å²) in [5.74, 6) is -0.186. The number of ether oxygens (including phenoxy) is 1. The fourth-order valence-electron chi connectivity index (χ4n) is 2.52. The first-order valence-electron chi connectivity index (χ1n) is 9.10. The molecular formula is C18H34Cl2O2. The van der Waals surface area contributed by atoms with Gasteiger partial charge in [-0.15, -0.1) is 23.2 Å². The van der Waals surface area contributed by atoms with Crippen LogP contribution < -0.4 is 0 Å². The Balaban J connectivity index is 3.09. The van der Waals surface area contributed by atoms with Crippen molar-refractivity contribution in [3.8, 4) is 0 Å². The summed E-state index contributed by atoms with van der Waals surface area (Å²) in [6.45, 7) is 2.36. The SMILES string of the molecule is CCCCCCCCCCCCCCCC(=O)OCC(Cl)Cl. The van der Waals surface area contributed by atoms with Gasteiger partial charge in [-0.3, -0.25) is 4.79 Å². The van der Waals surface area contributed by atoms with Crippen molar-refractivity contribution in [1.82, 2.24) is 0 Å². The molecule has 0 aromatic heterocycles. The van der Waals surface area contributed by atoms with Crippen molar-refractivity contribution < 1.29 is 9.53 Å². The van der Waals surface area contributed by atoms with E-state index in [9.17, 15) is 4.79 Å². The molecule has 0 aromatic rings. The van der Waals surface area contributed by atoms with Gasteiger partial charge in [0.2, 0.25) is 0 Å². The van der Waals surface area contributed by atoms with Gasteiger partial charge in [0.15, 0.2) is 0 Å². The van der Waals surface area contributed by atoms with Gasteiger partial charge in [0.05, 0.1) is 0 Å². The maximum atomic E-state index is 11.3. The van der Waals surface area contributed by atoms with E-state index in [-0.39, 0.29) is 12.6 Å². The van der Waals surface area contributed by atoms with Crippen molar-refractivity contribution in [3.63, 3.8) is 0 Å². The van der Waals surface area contributed by atoms with Crippen LogP contribution in [0.4, 0.5) is 0 Å². The van der Waals surface area contributed by atoms with E-state index in [0.717, 1.165) is 12.8 Å². The Morgan fingerprint density at radius 3 is 1.59 bits per heavy atom. The minimum absolute atomic E-state index is 0.0976. The van der Waals surface area contributed by atoms with E-state index in [0.29, 0.717) is 6.42 Å². The lowest BCUT2D eigenvalue weighted by Crippen LogP contribution is -2.09. The monoisotopic (exact) mass is 352 g/mol. The largest absolute Gasteiger partial charge is 0.463 e. The van der Waals surface area contributed by atoms with Gasteiger partial charge in [-0.1, -0.05) is 84.0 Å². The molecule has 0 bridgehead atoms. The molecule has 22 heavy (non-hydrogen) atoms. The summed E-state index contributed by atoms with van der Waals surface area (Å²) in [7, 11) is 0. The van der Waals surface area contributed by atoms with Crippen LogP contribution in [0.1, 0.15) is 96.8 Å². The van der Waals surface area contributed by atoms with Gasteiger partial charge in [-0.05, 0) is 6.42 Å². The number of carbonyl (C=O) groups is 1. The number of unbranched alkanes of at least 4 members (excludes halogenated alkanes) is 12. The van der Waals surface area contributed by atoms with Gasteiger partial charge in [-0.25, -0.2) is 0 Å². The van der Waals surface area contributed by atoms with Crippen molar-refractivity contribution in [1.29, 1.82) is 0 Å². The lowest BCUT2D eigenvalue weighted by molar-refractivity contribution is -0.143. The Kier molecular flexibility index (Phi) is 17.4. The molecule has 0 rings (SSSR count). The van der Waals surface area contributed by atoms with Crippen LogP contribution in [0.3, 0.4) is 0 Å². The molecule has 0 aliphatic rings. The molecule has 2 nitrogen and oxygen atoms in total. The molecule has 0 atom stereocenters. The van der Waals surface area contributed by atoms with Crippen LogP contribution in [-0.2, 0) is 9.53 Å². The van der Waals surface area contributed by atoms with Crippen LogP contribution in [0.5, 0.6) is 0 Å². The highest BCUT2D eigenvalue weighted by molar-refractivity contribution is 6.44. The summed E-state index contributed by atoms with van der Waals surface area (Å²) >= 11 is 11.0. The second kappa shape index (κ2) is 17.4. The van der Waals surface area contributed by atoms with Crippen LogP contribution in [0.2, 0.25) is 0 Å². The molecule has 0 fully saturated rings. The molecule has 0 aliphatic heterocycles. The quantitative estimate of drug-likeness (QED) is 0.173. The van der Waals surface area contributed by atoms with Crippen LogP contribution >= 0.6 is 23.2 Å². The molecule has 0 unspecified atom stereocenters. The van der Waals surface area contributed by atoms with E-state index in [1.165, 1.54) is 70.6 Å². The topological polar surface area (TPSA) is 26.3 Å².